The number of hydrogen-bond acceptors (Lipinski definition) is 1. The fraction of sp³-hybridized carbons (Fsp3) is 0.680. The van der Waals surface area contributed by atoms with Crippen molar-refractivity contribution in [2.75, 3.05) is 6.61 Å². The van der Waals surface area contributed by atoms with Crippen LogP contribution in [-0.4, -0.2) is 6.61 Å². The van der Waals surface area contributed by atoms with Gasteiger partial charge in [0.2, 0.25) is 0 Å². The average molecular weight is 355 g/mol. The normalized spacial score (nSPS) is 29.9. The summed E-state index contributed by atoms with van der Waals surface area (Å²) >= 11 is 0. The van der Waals surface area contributed by atoms with Gasteiger partial charge < -0.3 is 4.74 Å². The Kier molecular flexibility index (Phi) is 7.80. The quantitative estimate of drug-likeness (QED) is 0.369. The zero-order valence-electron chi connectivity index (χ0n) is 17.0. The zero-order chi connectivity index (χ0) is 18.2. The van der Waals surface area contributed by atoms with Gasteiger partial charge in [0.15, 0.2) is 0 Å². The van der Waals surface area contributed by atoms with E-state index in [1.807, 2.05) is 0 Å². The van der Waals surface area contributed by atoms with Crippen LogP contribution < -0.4 is 0 Å². The summed E-state index contributed by atoms with van der Waals surface area (Å²) in [5, 5.41) is 0. The van der Waals surface area contributed by atoms with E-state index < -0.39 is 0 Å². The first-order chi connectivity index (χ1) is 12.8. The Morgan fingerprint density at radius 1 is 0.885 bits per heavy atom. The molecule has 0 spiro atoms. The molecule has 2 aliphatic rings. The van der Waals surface area contributed by atoms with Crippen molar-refractivity contribution in [3.8, 4) is 0 Å². The van der Waals surface area contributed by atoms with Gasteiger partial charge in [-0.05, 0) is 99.5 Å². The van der Waals surface area contributed by atoms with Gasteiger partial charge in [0.05, 0.1) is 6.61 Å². The van der Waals surface area contributed by atoms with Crippen molar-refractivity contribution in [2.45, 2.75) is 84.2 Å². The third-order valence-corrected chi connectivity index (χ3v) is 6.79. The van der Waals surface area contributed by atoms with Crippen LogP contribution in [0.15, 0.2) is 36.4 Å². The molecule has 1 heteroatoms. The van der Waals surface area contributed by atoms with E-state index in [0.29, 0.717) is 0 Å². The van der Waals surface area contributed by atoms with Gasteiger partial charge in [-0.25, -0.2) is 0 Å². The molecule has 0 saturated heterocycles. The van der Waals surface area contributed by atoms with Crippen molar-refractivity contribution in [2.24, 2.45) is 17.8 Å². The van der Waals surface area contributed by atoms with Crippen LogP contribution in [0.3, 0.4) is 0 Å². The fourth-order valence-electron chi connectivity index (χ4n) is 5.23. The van der Waals surface area contributed by atoms with E-state index in [0.717, 1.165) is 43.3 Å². The Morgan fingerprint density at radius 3 is 2.08 bits per heavy atom. The molecule has 144 valence electrons. The lowest BCUT2D eigenvalue weighted by Gasteiger charge is -2.37. The van der Waals surface area contributed by atoms with Crippen molar-refractivity contribution >= 4 is 0 Å². The van der Waals surface area contributed by atoms with E-state index in [9.17, 15) is 0 Å². The molecule has 2 fully saturated rings. The molecule has 0 amide bonds. The van der Waals surface area contributed by atoms with E-state index in [4.69, 9.17) is 4.74 Å². The van der Waals surface area contributed by atoms with Crippen LogP contribution in [-0.2, 0) is 11.3 Å². The highest BCUT2D eigenvalue weighted by Gasteiger charge is 2.30. The van der Waals surface area contributed by atoms with Crippen LogP contribution in [0.2, 0.25) is 0 Å². The molecule has 0 atom stereocenters. The summed E-state index contributed by atoms with van der Waals surface area (Å²) in [5.41, 5.74) is 2.87. The summed E-state index contributed by atoms with van der Waals surface area (Å²) in [5.74, 6) is 3.67. The summed E-state index contributed by atoms with van der Waals surface area (Å²) in [4.78, 5) is 0. The zero-order valence-corrected chi connectivity index (χ0v) is 17.0. The monoisotopic (exact) mass is 354 g/mol. The lowest BCUT2D eigenvalue weighted by Crippen LogP contribution is -2.25. The summed E-state index contributed by atoms with van der Waals surface area (Å²) in [6.07, 6.45) is 17.3. The highest BCUT2D eigenvalue weighted by molar-refractivity contribution is 5.25. The van der Waals surface area contributed by atoms with Crippen molar-refractivity contribution in [3.63, 3.8) is 0 Å². The van der Waals surface area contributed by atoms with Crippen molar-refractivity contribution in [1.29, 1.82) is 0 Å². The molecule has 0 aliphatic heterocycles. The minimum atomic E-state index is 0.761. The molecule has 0 heterocycles. The lowest BCUT2D eigenvalue weighted by atomic mass is 9.68. The number of ether oxygens (including phenoxy) is 1. The molecule has 0 bridgehead atoms. The third-order valence-electron chi connectivity index (χ3n) is 6.79. The molecule has 0 unspecified atom stereocenters. The van der Waals surface area contributed by atoms with Gasteiger partial charge >= 0.3 is 0 Å². The Balaban J connectivity index is 1.43. The van der Waals surface area contributed by atoms with E-state index in [1.165, 1.54) is 56.9 Å². The summed E-state index contributed by atoms with van der Waals surface area (Å²) in [7, 11) is 0. The summed E-state index contributed by atoms with van der Waals surface area (Å²) in [6.45, 7) is 5.95. The van der Waals surface area contributed by atoms with Crippen LogP contribution in [0.5, 0.6) is 0 Å². The van der Waals surface area contributed by atoms with Gasteiger partial charge in [0.25, 0.3) is 0 Å². The van der Waals surface area contributed by atoms with Crippen LogP contribution >= 0.6 is 0 Å². The van der Waals surface area contributed by atoms with Gasteiger partial charge in [-0.3, -0.25) is 0 Å². The number of hydrogen-bond donors (Lipinski definition) is 0. The van der Waals surface area contributed by atoms with Gasteiger partial charge in [-0.15, -0.1) is 0 Å². The predicted molar refractivity (Wildman–Crippen MR) is 111 cm³/mol. The van der Waals surface area contributed by atoms with Gasteiger partial charge in [0.1, 0.15) is 0 Å². The number of allylic oxidation sites excluding steroid dienone is 2. The molecule has 2 saturated carbocycles. The molecule has 1 nitrogen and oxygen atoms in total. The molecule has 2 aliphatic carbocycles. The van der Waals surface area contributed by atoms with E-state index in [-0.39, 0.29) is 0 Å². The third kappa shape index (κ3) is 5.46. The smallest absolute Gasteiger partial charge is 0.0716 e. The first-order valence-electron chi connectivity index (χ1n) is 11.1. The maximum atomic E-state index is 5.65. The van der Waals surface area contributed by atoms with Crippen molar-refractivity contribution in [3.05, 3.63) is 47.5 Å². The Bertz CT molecular complexity index is 528. The second-order valence-corrected chi connectivity index (χ2v) is 8.61. The van der Waals surface area contributed by atoms with Crippen molar-refractivity contribution < 1.29 is 4.74 Å². The van der Waals surface area contributed by atoms with Crippen LogP contribution in [0.4, 0.5) is 0 Å². The molecule has 3 rings (SSSR count). The molecular weight excluding hydrogens is 316 g/mol. The standard InChI is InChI=1S/C25H38O/c1-3-5-20-6-10-22(11-7-20)24-14-16-25(17-15-24)23-12-8-21(9-13-23)19-26-18-4-2/h3,5,8-9,12-13,20,22,24-25H,4,6-7,10-11,14-19H2,1-2H3/b5-3-/t20-,22-,24?,25?. The SMILES string of the molecule is C/C=C\[C@H]1CC[C@H](C2CCC(c3ccc(COCCC)cc3)CC2)CC1. The Morgan fingerprint density at radius 2 is 1.50 bits per heavy atom. The Labute approximate surface area is 161 Å². The molecule has 0 N–H and O–H groups in total. The minimum absolute atomic E-state index is 0.761. The Hall–Kier alpha value is -1.08. The summed E-state index contributed by atoms with van der Waals surface area (Å²) in [6, 6.07) is 9.27. The van der Waals surface area contributed by atoms with Gasteiger partial charge in [-0.1, -0.05) is 43.3 Å². The molecule has 0 radical (unpaired) electrons. The molecule has 0 aromatic heterocycles. The van der Waals surface area contributed by atoms with Crippen molar-refractivity contribution in [1.82, 2.24) is 0 Å². The maximum absolute atomic E-state index is 5.65. The fourth-order valence-corrected chi connectivity index (χ4v) is 5.23. The highest BCUT2D eigenvalue weighted by atomic mass is 16.5. The minimum Gasteiger partial charge on any atom is -0.377 e. The highest BCUT2D eigenvalue weighted by Crippen LogP contribution is 2.44. The van der Waals surface area contributed by atoms with Crippen LogP contribution in [0, 0.1) is 17.8 Å². The maximum Gasteiger partial charge on any atom is 0.0716 e. The van der Waals surface area contributed by atoms with E-state index >= 15 is 0 Å². The van der Waals surface area contributed by atoms with Crippen LogP contribution in [0.25, 0.3) is 0 Å². The first-order valence-corrected chi connectivity index (χ1v) is 11.1. The topological polar surface area (TPSA) is 9.23 Å². The van der Waals surface area contributed by atoms with Crippen LogP contribution in [0.1, 0.15) is 88.7 Å². The second kappa shape index (κ2) is 10.3. The van der Waals surface area contributed by atoms with Gasteiger partial charge in [0, 0.05) is 6.61 Å². The first kappa shape index (κ1) is 19.7. The van der Waals surface area contributed by atoms with E-state index in [1.54, 1.807) is 5.56 Å². The summed E-state index contributed by atoms with van der Waals surface area (Å²) < 4.78 is 5.65. The van der Waals surface area contributed by atoms with Gasteiger partial charge in [-0.2, -0.15) is 0 Å². The molecule has 1 aromatic rings. The number of benzene rings is 1. The average Bonchev–Trinajstić information content (AvgIpc) is 2.70. The predicted octanol–water partition coefficient (Wildman–Crippen LogP) is 7.27. The van der Waals surface area contributed by atoms with E-state index in [2.05, 4.69) is 50.3 Å². The molecule has 26 heavy (non-hydrogen) atoms. The molecular formula is C25H38O. The lowest BCUT2D eigenvalue weighted by molar-refractivity contribution is 0.121. The second-order valence-electron chi connectivity index (χ2n) is 8.61. The molecule has 1 aromatic carbocycles. The number of rotatable bonds is 7. The largest absolute Gasteiger partial charge is 0.377 e.